The van der Waals surface area contributed by atoms with Crippen molar-refractivity contribution < 1.29 is 4.39 Å². The lowest BCUT2D eigenvalue weighted by Crippen LogP contribution is -2.11. The molecule has 8 heteroatoms. The standard InChI is InChI=1S/C16H18FN7/c1-9-6-14(24-23-9)21-16-11(3)18-8-15(22-16)20-10(2)13-5-4-12(17)7-19-13/h4-8,10H,1-3H3,(H3,20,21,22,23,24)/t10-/m0/s1. The summed E-state index contributed by atoms with van der Waals surface area (Å²) in [6.07, 6.45) is 2.84. The Kier molecular flexibility index (Phi) is 4.37. The Morgan fingerprint density at radius 2 is 1.96 bits per heavy atom. The molecule has 0 unspecified atom stereocenters. The van der Waals surface area contributed by atoms with Crippen molar-refractivity contribution >= 4 is 17.5 Å². The predicted molar refractivity (Wildman–Crippen MR) is 89.6 cm³/mol. The number of aromatic amines is 1. The SMILES string of the molecule is Cc1cc(Nc2nc(N[C@@H](C)c3ccc(F)cn3)cnc2C)n[nH]1. The zero-order valence-electron chi connectivity index (χ0n) is 13.6. The second-order valence-corrected chi connectivity index (χ2v) is 5.52. The van der Waals surface area contributed by atoms with Gasteiger partial charge >= 0.3 is 0 Å². The van der Waals surface area contributed by atoms with Crippen molar-refractivity contribution in [3.63, 3.8) is 0 Å². The summed E-state index contributed by atoms with van der Waals surface area (Å²) in [6, 6.07) is 4.77. The zero-order valence-corrected chi connectivity index (χ0v) is 13.6. The number of aromatic nitrogens is 5. The van der Waals surface area contributed by atoms with Gasteiger partial charge in [-0.1, -0.05) is 0 Å². The van der Waals surface area contributed by atoms with E-state index in [1.165, 1.54) is 12.3 Å². The third-order valence-electron chi connectivity index (χ3n) is 3.47. The minimum atomic E-state index is -0.359. The zero-order chi connectivity index (χ0) is 17.1. The van der Waals surface area contributed by atoms with E-state index in [4.69, 9.17) is 0 Å². The van der Waals surface area contributed by atoms with E-state index in [2.05, 4.69) is 35.8 Å². The van der Waals surface area contributed by atoms with E-state index in [9.17, 15) is 4.39 Å². The molecule has 24 heavy (non-hydrogen) atoms. The second kappa shape index (κ2) is 6.61. The van der Waals surface area contributed by atoms with Gasteiger partial charge < -0.3 is 10.6 Å². The maximum atomic E-state index is 13.0. The summed E-state index contributed by atoms with van der Waals surface area (Å²) in [5, 5.41) is 13.3. The van der Waals surface area contributed by atoms with Crippen molar-refractivity contribution in [1.82, 2.24) is 25.1 Å². The molecule has 3 rings (SSSR count). The van der Waals surface area contributed by atoms with Crippen LogP contribution in [0.1, 0.15) is 30.0 Å². The quantitative estimate of drug-likeness (QED) is 0.666. The molecule has 3 N–H and O–H groups in total. The Morgan fingerprint density at radius 3 is 2.62 bits per heavy atom. The van der Waals surface area contributed by atoms with Gasteiger partial charge in [-0.15, -0.1) is 0 Å². The molecule has 0 aromatic carbocycles. The van der Waals surface area contributed by atoms with Crippen molar-refractivity contribution in [3.05, 3.63) is 53.5 Å². The lowest BCUT2D eigenvalue weighted by atomic mass is 10.2. The van der Waals surface area contributed by atoms with Crippen LogP contribution in [0.2, 0.25) is 0 Å². The molecule has 0 fully saturated rings. The summed E-state index contributed by atoms with van der Waals surface area (Å²) in [5.41, 5.74) is 2.43. The molecule has 0 aliphatic rings. The van der Waals surface area contributed by atoms with Gasteiger partial charge in [0.2, 0.25) is 0 Å². The number of rotatable bonds is 5. The second-order valence-electron chi connectivity index (χ2n) is 5.52. The molecule has 3 aromatic rings. The number of H-pyrrole nitrogens is 1. The first-order valence-corrected chi connectivity index (χ1v) is 7.52. The monoisotopic (exact) mass is 327 g/mol. The van der Waals surface area contributed by atoms with E-state index in [1.54, 1.807) is 12.3 Å². The molecule has 1 atom stereocenters. The lowest BCUT2D eigenvalue weighted by molar-refractivity contribution is 0.617. The molecule has 0 spiro atoms. The van der Waals surface area contributed by atoms with Gasteiger partial charge in [0.15, 0.2) is 11.6 Å². The van der Waals surface area contributed by atoms with Gasteiger partial charge in [0.1, 0.15) is 11.6 Å². The summed E-state index contributed by atoms with van der Waals surface area (Å²) < 4.78 is 13.0. The summed E-state index contributed by atoms with van der Waals surface area (Å²) in [7, 11) is 0. The first-order chi connectivity index (χ1) is 11.5. The van der Waals surface area contributed by atoms with Crippen LogP contribution in [0.25, 0.3) is 0 Å². The van der Waals surface area contributed by atoms with Crippen LogP contribution in [0.3, 0.4) is 0 Å². The highest BCUT2D eigenvalue weighted by Gasteiger charge is 2.11. The number of anilines is 3. The van der Waals surface area contributed by atoms with Crippen LogP contribution in [0, 0.1) is 19.7 Å². The Morgan fingerprint density at radius 1 is 1.12 bits per heavy atom. The topological polar surface area (TPSA) is 91.4 Å². The highest BCUT2D eigenvalue weighted by molar-refractivity contribution is 5.56. The van der Waals surface area contributed by atoms with E-state index in [0.29, 0.717) is 17.5 Å². The fourth-order valence-corrected chi connectivity index (χ4v) is 2.18. The number of nitrogens with one attached hydrogen (secondary N) is 3. The minimum absolute atomic E-state index is 0.136. The average molecular weight is 327 g/mol. The van der Waals surface area contributed by atoms with Crippen molar-refractivity contribution in [3.8, 4) is 0 Å². The fourth-order valence-electron chi connectivity index (χ4n) is 2.18. The van der Waals surface area contributed by atoms with Crippen molar-refractivity contribution in [2.24, 2.45) is 0 Å². The van der Waals surface area contributed by atoms with Gasteiger partial charge in [0.25, 0.3) is 0 Å². The van der Waals surface area contributed by atoms with Gasteiger partial charge in [-0.05, 0) is 32.9 Å². The average Bonchev–Trinajstić information content (AvgIpc) is 2.96. The van der Waals surface area contributed by atoms with Crippen LogP contribution >= 0.6 is 0 Å². The first kappa shape index (κ1) is 15.9. The Labute approximate surface area is 138 Å². The number of aryl methyl sites for hydroxylation is 2. The number of halogens is 1. The first-order valence-electron chi connectivity index (χ1n) is 7.52. The highest BCUT2D eigenvalue weighted by Crippen LogP contribution is 2.20. The van der Waals surface area contributed by atoms with E-state index >= 15 is 0 Å². The van der Waals surface area contributed by atoms with Crippen molar-refractivity contribution in [2.75, 3.05) is 10.6 Å². The molecule has 7 nitrogen and oxygen atoms in total. The number of pyridine rings is 1. The predicted octanol–water partition coefficient (Wildman–Crippen LogP) is 3.27. The van der Waals surface area contributed by atoms with Crippen LogP contribution in [0.5, 0.6) is 0 Å². The van der Waals surface area contributed by atoms with Gasteiger partial charge in [0, 0.05) is 11.8 Å². The molecule has 0 saturated heterocycles. The Bertz CT molecular complexity index is 829. The molecule has 0 aliphatic heterocycles. The molecule has 0 aliphatic carbocycles. The third kappa shape index (κ3) is 3.65. The van der Waals surface area contributed by atoms with E-state index in [1.807, 2.05) is 26.8 Å². The van der Waals surface area contributed by atoms with Crippen LogP contribution in [-0.2, 0) is 0 Å². The van der Waals surface area contributed by atoms with E-state index < -0.39 is 0 Å². The van der Waals surface area contributed by atoms with Crippen LogP contribution in [0.15, 0.2) is 30.6 Å². The van der Waals surface area contributed by atoms with Gasteiger partial charge in [-0.2, -0.15) is 5.10 Å². The van der Waals surface area contributed by atoms with Gasteiger partial charge in [-0.25, -0.2) is 9.37 Å². The number of hydrogen-bond donors (Lipinski definition) is 3. The maximum absolute atomic E-state index is 13.0. The maximum Gasteiger partial charge on any atom is 0.155 e. The summed E-state index contributed by atoms with van der Waals surface area (Å²) >= 11 is 0. The summed E-state index contributed by atoms with van der Waals surface area (Å²) in [6.45, 7) is 5.71. The molecule has 0 amide bonds. The number of nitrogens with zero attached hydrogens (tertiary/aromatic N) is 4. The molecule has 3 heterocycles. The summed E-state index contributed by atoms with van der Waals surface area (Å²) in [5.74, 6) is 1.52. The van der Waals surface area contributed by atoms with Crippen LogP contribution in [0.4, 0.5) is 21.8 Å². The van der Waals surface area contributed by atoms with Gasteiger partial charge in [-0.3, -0.25) is 15.1 Å². The number of hydrogen-bond acceptors (Lipinski definition) is 6. The molecular weight excluding hydrogens is 309 g/mol. The van der Waals surface area contributed by atoms with Gasteiger partial charge in [0.05, 0.1) is 29.8 Å². The summed E-state index contributed by atoms with van der Waals surface area (Å²) in [4.78, 5) is 12.9. The molecule has 0 saturated carbocycles. The molecule has 0 bridgehead atoms. The molecule has 3 aromatic heterocycles. The Balaban J connectivity index is 1.76. The Hall–Kier alpha value is -3.03. The third-order valence-corrected chi connectivity index (χ3v) is 3.47. The van der Waals surface area contributed by atoms with Crippen LogP contribution in [-0.4, -0.2) is 25.1 Å². The van der Waals surface area contributed by atoms with Crippen molar-refractivity contribution in [1.29, 1.82) is 0 Å². The highest BCUT2D eigenvalue weighted by atomic mass is 19.1. The molecule has 124 valence electrons. The van der Waals surface area contributed by atoms with Crippen LogP contribution < -0.4 is 10.6 Å². The van der Waals surface area contributed by atoms with Crippen molar-refractivity contribution in [2.45, 2.75) is 26.8 Å². The lowest BCUT2D eigenvalue weighted by Gasteiger charge is -2.15. The molecular formula is C16H18FN7. The molecule has 0 radical (unpaired) electrons. The largest absolute Gasteiger partial charge is 0.361 e. The normalized spacial score (nSPS) is 12.0. The van der Waals surface area contributed by atoms with E-state index in [0.717, 1.165) is 17.1 Å². The smallest absolute Gasteiger partial charge is 0.155 e. The fraction of sp³-hybridized carbons (Fsp3) is 0.250. The van der Waals surface area contributed by atoms with E-state index in [-0.39, 0.29) is 11.9 Å². The minimum Gasteiger partial charge on any atom is -0.361 e.